The zero-order valence-electron chi connectivity index (χ0n) is 11.5. The summed E-state index contributed by atoms with van der Waals surface area (Å²) in [4.78, 5) is 23.6. The van der Waals surface area contributed by atoms with E-state index in [4.69, 9.17) is 0 Å². The summed E-state index contributed by atoms with van der Waals surface area (Å²) in [5.41, 5.74) is 0. The average Bonchev–Trinajstić information content (AvgIpc) is 3.01. The summed E-state index contributed by atoms with van der Waals surface area (Å²) in [5.74, 6) is -1.66. The van der Waals surface area contributed by atoms with Crippen LogP contribution >= 0.6 is 0 Å². The number of aliphatic carboxylic acids is 1. The zero-order valence-corrected chi connectivity index (χ0v) is 11.5. The molecule has 2 saturated carbocycles. The van der Waals surface area contributed by atoms with Crippen LogP contribution in [0.4, 0.5) is 0 Å². The quantitative estimate of drug-likeness (QED) is 0.475. The van der Waals surface area contributed by atoms with Gasteiger partial charge in [0.1, 0.15) is 0 Å². The molecule has 2 fully saturated rings. The lowest BCUT2D eigenvalue weighted by Gasteiger charge is -2.23. The minimum Gasteiger partial charge on any atom is -0.481 e. The van der Waals surface area contributed by atoms with Crippen molar-refractivity contribution in [3.05, 3.63) is 12.2 Å². The van der Waals surface area contributed by atoms with E-state index in [-0.39, 0.29) is 23.7 Å². The number of carbonyl (C=O) groups is 2. The highest BCUT2D eigenvalue weighted by molar-refractivity contribution is 5.86. The van der Waals surface area contributed by atoms with Gasteiger partial charge in [0, 0.05) is 12.6 Å². The number of fused-ring (bicyclic) bond motifs is 2. The minimum atomic E-state index is -0.836. The van der Waals surface area contributed by atoms with E-state index in [0.29, 0.717) is 12.6 Å². The number of carbonyl (C=O) groups excluding carboxylic acids is 1. The fraction of sp³-hybridized carbons (Fsp3) is 0.733. The van der Waals surface area contributed by atoms with Crippen LogP contribution in [0.3, 0.4) is 0 Å². The maximum absolute atomic E-state index is 12.2. The molecule has 5 nitrogen and oxygen atoms in total. The van der Waals surface area contributed by atoms with E-state index in [1.807, 2.05) is 12.2 Å². The number of carboxylic acids is 1. The van der Waals surface area contributed by atoms with Crippen LogP contribution in [0.2, 0.25) is 0 Å². The number of allylic oxidation sites excluding steroid dienone is 2. The largest absolute Gasteiger partial charge is 0.481 e. The third kappa shape index (κ3) is 2.73. The first-order valence-electron chi connectivity index (χ1n) is 7.59. The number of hydrogen-bond donors (Lipinski definition) is 3. The van der Waals surface area contributed by atoms with Crippen molar-refractivity contribution in [1.82, 2.24) is 10.6 Å². The van der Waals surface area contributed by atoms with E-state index < -0.39 is 11.9 Å². The highest BCUT2D eigenvalue weighted by Gasteiger charge is 2.51. The highest BCUT2D eigenvalue weighted by Crippen LogP contribution is 2.48. The van der Waals surface area contributed by atoms with Crippen LogP contribution in [0.15, 0.2) is 12.2 Å². The fourth-order valence-electron chi connectivity index (χ4n) is 3.53. The van der Waals surface area contributed by atoms with Crippen LogP contribution in [0.5, 0.6) is 0 Å². The van der Waals surface area contributed by atoms with Crippen LogP contribution in [0.25, 0.3) is 0 Å². The molecule has 0 aromatic carbocycles. The average molecular weight is 278 g/mol. The van der Waals surface area contributed by atoms with Gasteiger partial charge in [0.2, 0.25) is 5.91 Å². The normalized spacial score (nSPS) is 34.4. The molecule has 2 unspecified atom stereocenters. The maximum atomic E-state index is 12.2. The van der Waals surface area contributed by atoms with E-state index >= 15 is 0 Å². The highest BCUT2D eigenvalue weighted by atomic mass is 16.4. The van der Waals surface area contributed by atoms with Gasteiger partial charge in [0.05, 0.1) is 11.8 Å². The van der Waals surface area contributed by atoms with Gasteiger partial charge in [-0.15, -0.1) is 0 Å². The standard InChI is InChI=1S/C15H22N2O3/c18-14(17-7-1-6-16-11-4-5-11)12-9-2-3-10(8-9)13(12)15(19)20/h2-3,9-13,16H,1,4-8H2,(H,17,18)(H,19,20)/t9?,10?,12-,13+/m0/s1. The van der Waals surface area contributed by atoms with E-state index in [1.165, 1.54) is 12.8 Å². The third-order valence-electron chi connectivity index (χ3n) is 4.71. The number of rotatable bonds is 7. The number of nitrogens with one attached hydrogen (secondary N) is 2. The Hall–Kier alpha value is -1.36. The number of hydrogen-bond acceptors (Lipinski definition) is 3. The first kappa shape index (κ1) is 13.6. The lowest BCUT2D eigenvalue weighted by molar-refractivity contribution is -0.147. The molecule has 2 bridgehead atoms. The summed E-state index contributed by atoms with van der Waals surface area (Å²) in [6.45, 7) is 1.55. The lowest BCUT2D eigenvalue weighted by atomic mass is 9.82. The summed E-state index contributed by atoms with van der Waals surface area (Å²) < 4.78 is 0. The van der Waals surface area contributed by atoms with Crippen LogP contribution < -0.4 is 10.6 Å². The van der Waals surface area contributed by atoms with Crippen molar-refractivity contribution in [2.45, 2.75) is 31.7 Å². The molecular weight excluding hydrogens is 256 g/mol. The predicted octanol–water partition coefficient (Wildman–Crippen LogP) is 0.768. The smallest absolute Gasteiger partial charge is 0.307 e. The minimum absolute atomic E-state index is 0.0461. The van der Waals surface area contributed by atoms with Crippen molar-refractivity contribution in [2.24, 2.45) is 23.7 Å². The van der Waals surface area contributed by atoms with Crippen molar-refractivity contribution < 1.29 is 14.7 Å². The van der Waals surface area contributed by atoms with E-state index in [0.717, 1.165) is 19.4 Å². The summed E-state index contributed by atoms with van der Waals surface area (Å²) in [6.07, 6.45) is 8.24. The molecule has 0 aromatic heterocycles. The van der Waals surface area contributed by atoms with E-state index in [2.05, 4.69) is 10.6 Å². The van der Waals surface area contributed by atoms with Crippen molar-refractivity contribution in [2.75, 3.05) is 13.1 Å². The maximum Gasteiger partial charge on any atom is 0.307 e. The molecular formula is C15H22N2O3. The Morgan fingerprint density at radius 2 is 1.80 bits per heavy atom. The van der Waals surface area contributed by atoms with Gasteiger partial charge in [-0.25, -0.2) is 0 Å². The van der Waals surface area contributed by atoms with Crippen LogP contribution in [-0.4, -0.2) is 36.1 Å². The summed E-state index contributed by atoms with van der Waals surface area (Å²) in [5, 5.41) is 15.6. The molecule has 3 aliphatic carbocycles. The van der Waals surface area contributed by atoms with Crippen molar-refractivity contribution in [1.29, 1.82) is 0 Å². The molecule has 0 aromatic rings. The van der Waals surface area contributed by atoms with Crippen LogP contribution in [0, 0.1) is 23.7 Å². The monoisotopic (exact) mass is 278 g/mol. The molecule has 110 valence electrons. The molecule has 1 amide bonds. The molecule has 4 atom stereocenters. The van der Waals surface area contributed by atoms with Gasteiger partial charge < -0.3 is 15.7 Å². The van der Waals surface area contributed by atoms with Crippen LogP contribution in [0.1, 0.15) is 25.7 Å². The molecule has 3 aliphatic rings. The Morgan fingerprint density at radius 1 is 1.10 bits per heavy atom. The molecule has 0 saturated heterocycles. The Bertz CT molecular complexity index is 431. The van der Waals surface area contributed by atoms with E-state index in [9.17, 15) is 14.7 Å². The summed E-state index contributed by atoms with van der Waals surface area (Å²) in [6, 6.07) is 0.692. The number of amides is 1. The fourth-order valence-corrected chi connectivity index (χ4v) is 3.53. The Kier molecular flexibility index (Phi) is 3.78. The van der Waals surface area contributed by atoms with Crippen molar-refractivity contribution in [3.63, 3.8) is 0 Å². The van der Waals surface area contributed by atoms with Gasteiger partial charge in [-0.1, -0.05) is 12.2 Å². The van der Waals surface area contributed by atoms with E-state index in [1.54, 1.807) is 0 Å². The van der Waals surface area contributed by atoms with Gasteiger partial charge in [-0.2, -0.15) is 0 Å². The zero-order chi connectivity index (χ0) is 14.1. The number of carboxylic acid groups (broad SMARTS) is 1. The van der Waals surface area contributed by atoms with Crippen molar-refractivity contribution in [3.8, 4) is 0 Å². The molecule has 5 heteroatoms. The molecule has 0 aliphatic heterocycles. The molecule has 0 spiro atoms. The summed E-state index contributed by atoms with van der Waals surface area (Å²) >= 11 is 0. The third-order valence-corrected chi connectivity index (χ3v) is 4.71. The first-order valence-corrected chi connectivity index (χ1v) is 7.59. The lowest BCUT2D eigenvalue weighted by Crippen LogP contribution is -2.40. The van der Waals surface area contributed by atoms with Crippen molar-refractivity contribution >= 4 is 11.9 Å². The van der Waals surface area contributed by atoms with Gasteiger partial charge >= 0.3 is 5.97 Å². The van der Waals surface area contributed by atoms with Gasteiger partial charge in [0.25, 0.3) is 0 Å². The Balaban J connectivity index is 1.46. The Morgan fingerprint density at radius 3 is 2.45 bits per heavy atom. The topological polar surface area (TPSA) is 78.4 Å². The second kappa shape index (κ2) is 5.56. The molecule has 3 rings (SSSR count). The molecule has 20 heavy (non-hydrogen) atoms. The van der Waals surface area contributed by atoms with Crippen LogP contribution in [-0.2, 0) is 9.59 Å². The second-order valence-electron chi connectivity index (χ2n) is 6.21. The van der Waals surface area contributed by atoms with Gasteiger partial charge in [-0.05, 0) is 44.1 Å². The Labute approximate surface area is 118 Å². The molecule has 3 N–H and O–H groups in total. The SMILES string of the molecule is O=C(O)[C@@H]1C2C=CC(C2)[C@@H]1C(=O)NCCCNC1CC1. The molecule has 0 heterocycles. The van der Waals surface area contributed by atoms with Gasteiger partial charge in [0.15, 0.2) is 0 Å². The predicted molar refractivity (Wildman–Crippen MR) is 74.0 cm³/mol. The second-order valence-corrected chi connectivity index (χ2v) is 6.21. The van der Waals surface area contributed by atoms with Gasteiger partial charge in [-0.3, -0.25) is 9.59 Å². The first-order chi connectivity index (χ1) is 9.66. The summed E-state index contributed by atoms with van der Waals surface area (Å²) in [7, 11) is 0. The molecule has 0 radical (unpaired) electrons.